The van der Waals surface area contributed by atoms with Gasteiger partial charge in [0.15, 0.2) is 5.69 Å². The van der Waals surface area contributed by atoms with Crippen LogP contribution in [0.5, 0.6) is 11.5 Å². The average Bonchev–Trinajstić information content (AvgIpc) is 2.60. The van der Waals surface area contributed by atoms with Gasteiger partial charge in [0.25, 0.3) is 0 Å². The highest BCUT2D eigenvalue weighted by molar-refractivity contribution is 5.91. The molecule has 0 bridgehead atoms. The van der Waals surface area contributed by atoms with Crippen LogP contribution >= 0.6 is 0 Å². The summed E-state index contributed by atoms with van der Waals surface area (Å²) in [4.78, 5) is 15.3. The fourth-order valence-corrected chi connectivity index (χ4v) is 1.80. The third kappa shape index (κ3) is 4.86. The van der Waals surface area contributed by atoms with Crippen molar-refractivity contribution in [2.24, 2.45) is 5.92 Å². The number of rotatable bonds is 6. The van der Waals surface area contributed by atoms with Crippen LogP contribution in [0, 0.1) is 12.5 Å². The largest absolute Gasteiger partial charge is 0.493 e. The number of benzene rings is 2. The Bertz CT molecular complexity index is 684. The van der Waals surface area contributed by atoms with Crippen molar-refractivity contribution in [3.63, 3.8) is 0 Å². The predicted molar refractivity (Wildman–Crippen MR) is 89.1 cm³/mol. The van der Waals surface area contributed by atoms with Crippen LogP contribution in [0.3, 0.4) is 0 Å². The van der Waals surface area contributed by atoms with Crippen molar-refractivity contribution in [3.05, 3.63) is 65.5 Å². The fraction of sp³-hybridized carbons (Fsp3) is 0.263. The number of ether oxygens (including phenoxy) is 2. The summed E-state index contributed by atoms with van der Waals surface area (Å²) in [6.07, 6.45) is 1.07. The van der Waals surface area contributed by atoms with Crippen molar-refractivity contribution in [3.8, 4) is 11.5 Å². The molecule has 0 radical (unpaired) electrons. The Morgan fingerprint density at radius 1 is 1.09 bits per heavy atom. The molecule has 0 saturated heterocycles. The molecule has 2 rings (SSSR count). The smallest absolute Gasteiger partial charge is 0.343 e. The van der Waals surface area contributed by atoms with Crippen LogP contribution < -0.4 is 9.47 Å². The molecule has 0 N–H and O–H groups in total. The summed E-state index contributed by atoms with van der Waals surface area (Å²) in [5, 5.41) is 0. The van der Waals surface area contributed by atoms with Gasteiger partial charge in [0.1, 0.15) is 11.5 Å². The van der Waals surface area contributed by atoms with Crippen LogP contribution in [-0.4, -0.2) is 12.6 Å². The molecule has 0 saturated carbocycles. The monoisotopic (exact) mass is 309 g/mol. The topological polar surface area (TPSA) is 39.9 Å². The number of carbonyl (C=O) groups is 1. The van der Waals surface area contributed by atoms with E-state index in [-0.39, 0.29) is 0 Å². The average molecular weight is 309 g/mol. The van der Waals surface area contributed by atoms with Gasteiger partial charge in [0.05, 0.1) is 18.7 Å². The molecule has 2 aromatic rings. The Morgan fingerprint density at radius 3 is 2.26 bits per heavy atom. The molecule has 4 nitrogen and oxygen atoms in total. The summed E-state index contributed by atoms with van der Waals surface area (Å²) >= 11 is 0. The first-order valence-electron chi connectivity index (χ1n) is 7.55. The normalized spacial score (nSPS) is 11.3. The summed E-state index contributed by atoms with van der Waals surface area (Å²) in [6, 6.07) is 13.3. The van der Waals surface area contributed by atoms with Crippen molar-refractivity contribution in [2.45, 2.75) is 20.3 Å². The highest BCUT2D eigenvalue weighted by atomic mass is 16.5. The lowest BCUT2D eigenvalue weighted by Gasteiger charge is -2.11. The number of hydrogen-bond acceptors (Lipinski definition) is 3. The summed E-state index contributed by atoms with van der Waals surface area (Å²) in [5.74, 6) is 1.27. The van der Waals surface area contributed by atoms with E-state index in [0.717, 1.165) is 12.2 Å². The van der Waals surface area contributed by atoms with E-state index in [1.165, 1.54) is 0 Å². The summed E-state index contributed by atoms with van der Waals surface area (Å²) in [6.45, 7) is 11.8. The molecule has 0 spiro atoms. The highest BCUT2D eigenvalue weighted by Crippen LogP contribution is 2.20. The minimum atomic E-state index is -0.449. The molecule has 118 valence electrons. The van der Waals surface area contributed by atoms with E-state index in [2.05, 4.69) is 18.7 Å². The zero-order valence-electron chi connectivity index (χ0n) is 13.3. The maximum Gasteiger partial charge on any atom is 0.343 e. The SMILES string of the molecule is [C-]#[N+]c1ccc(C(=O)Oc2ccc(OC[C@H](C)CC)cc2)cc1. The first-order chi connectivity index (χ1) is 11.1. The van der Waals surface area contributed by atoms with E-state index in [9.17, 15) is 4.79 Å². The van der Waals surface area contributed by atoms with Crippen LogP contribution in [-0.2, 0) is 0 Å². The van der Waals surface area contributed by atoms with Gasteiger partial charge in [-0.15, -0.1) is 0 Å². The molecule has 0 amide bonds. The van der Waals surface area contributed by atoms with Gasteiger partial charge in [0, 0.05) is 0 Å². The van der Waals surface area contributed by atoms with Gasteiger partial charge in [-0.2, -0.15) is 0 Å². The van der Waals surface area contributed by atoms with Gasteiger partial charge < -0.3 is 9.47 Å². The molecule has 23 heavy (non-hydrogen) atoms. The molecule has 0 aliphatic rings. The molecular formula is C19H19NO3. The van der Waals surface area contributed by atoms with Gasteiger partial charge in [-0.05, 0) is 30.2 Å². The Morgan fingerprint density at radius 2 is 1.70 bits per heavy atom. The number of esters is 1. The first kappa shape index (κ1) is 16.6. The first-order valence-corrected chi connectivity index (χ1v) is 7.55. The number of nitrogens with zero attached hydrogens (tertiary/aromatic N) is 1. The molecular weight excluding hydrogens is 290 g/mol. The van der Waals surface area contributed by atoms with Gasteiger partial charge in [-0.3, -0.25) is 0 Å². The second-order valence-electron chi connectivity index (χ2n) is 5.34. The van der Waals surface area contributed by atoms with Crippen LogP contribution in [0.15, 0.2) is 48.5 Å². The van der Waals surface area contributed by atoms with E-state index in [1.54, 1.807) is 48.5 Å². The summed E-state index contributed by atoms with van der Waals surface area (Å²) in [7, 11) is 0. The third-order valence-electron chi connectivity index (χ3n) is 3.50. The standard InChI is InChI=1S/C19H19NO3/c1-4-14(2)13-22-17-9-11-18(12-10-17)23-19(21)15-5-7-16(20-3)8-6-15/h5-12,14H,4,13H2,1-2H3/t14-/m1/s1. The number of carbonyl (C=O) groups excluding carboxylic acids is 1. The molecule has 0 unspecified atom stereocenters. The fourth-order valence-electron chi connectivity index (χ4n) is 1.80. The third-order valence-corrected chi connectivity index (χ3v) is 3.50. The van der Waals surface area contributed by atoms with Gasteiger partial charge in [0.2, 0.25) is 0 Å². The zero-order valence-corrected chi connectivity index (χ0v) is 13.3. The molecule has 0 aliphatic heterocycles. The maximum atomic E-state index is 12.0. The Labute approximate surface area is 136 Å². The van der Waals surface area contributed by atoms with Crippen molar-refractivity contribution in [1.29, 1.82) is 0 Å². The second-order valence-corrected chi connectivity index (χ2v) is 5.34. The molecule has 1 atom stereocenters. The molecule has 0 fully saturated rings. The van der Waals surface area contributed by atoms with E-state index < -0.39 is 5.97 Å². The van der Waals surface area contributed by atoms with Gasteiger partial charge in [-0.1, -0.05) is 44.5 Å². The quantitative estimate of drug-likeness (QED) is 0.433. The highest BCUT2D eigenvalue weighted by Gasteiger charge is 2.09. The van der Waals surface area contributed by atoms with E-state index in [4.69, 9.17) is 16.0 Å². The van der Waals surface area contributed by atoms with Crippen LogP contribution in [0.25, 0.3) is 4.85 Å². The van der Waals surface area contributed by atoms with Crippen LogP contribution in [0.4, 0.5) is 5.69 Å². The minimum absolute atomic E-state index is 0.412. The van der Waals surface area contributed by atoms with Crippen molar-refractivity contribution >= 4 is 11.7 Å². The second kappa shape index (κ2) is 8.00. The van der Waals surface area contributed by atoms with E-state index >= 15 is 0 Å². The lowest BCUT2D eigenvalue weighted by molar-refractivity contribution is 0.0734. The Kier molecular flexibility index (Phi) is 5.76. The lowest BCUT2D eigenvalue weighted by Crippen LogP contribution is -2.09. The minimum Gasteiger partial charge on any atom is -0.493 e. The van der Waals surface area contributed by atoms with E-state index in [1.807, 2.05) is 0 Å². The maximum absolute atomic E-state index is 12.0. The lowest BCUT2D eigenvalue weighted by atomic mass is 10.1. The zero-order chi connectivity index (χ0) is 16.7. The summed E-state index contributed by atoms with van der Waals surface area (Å²) < 4.78 is 11.0. The Hall–Kier alpha value is -2.80. The van der Waals surface area contributed by atoms with Gasteiger partial charge in [-0.25, -0.2) is 9.64 Å². The van der Waals surface area contributed by atoms with Crippen molar-refractivity contribution in [1.82, 2.24) is 0 Å². The van der Waals surface area contributed by atoms with E-state index in [0.29, 0.717) is 29.5 Å². The van der Waals surface area contributed by atoms with Crippen molar-refractivity contribution in [2.75, 3.05) is 6.61 Å². The van der Waals surface area contributed by atoms with Gasteiger partial charge >= 0.3 is 5.97 Å². The molecule has 0 aliphatic carbocycles. The summed E-state index contributed by atoms with van der Waals surface area (Å²) in [5.41, 5.74) is 0.902. The number of hydrogen-bond donors (Lipinski definition) is 0. The predicted octanol–water partition coefficient (Wildman–Crippen LogP) is 4.88. The molecule has 2 aromatic carbocycles. The molecule has 4 heteroatoms. The van der Waals surface area contributed by atoms with Crippen LogP contribution in [0.1, 0.15) is 30.6 Å². The van der Waals surface area contributed by atoms with Crippen molar-refractivity contribution < 1.29 is 14.3 Å². The van der Waals surface area contributed by atoms with Crippen LogP contribution in [0.2, 0.25) is 0 Å². The molecule has 0 heterocycles. The Balaban J connectivity index is 1.94. The molecule has 0 aromatic heterocycles.